The van der Waals surface area contributed by atoms with Crippen LogP contribution in [-0.2, 0) is 20.1 Å². The van der Waals surface area contributed by atoms with Crippen LogP contribution in [0.15, 0.2) is 92.8 Å². The summed E-state index contributed by atoms with van der Waals surface area (Å²) in [5.74, 6) is -0.465. The molecule has 0 unspecified atom stereocenters. The Morgan fingerprint density at radius 1 is 0.947 bits per heavy atom. The Kier molecular flexibility index (Phi) is 7.26. The number of phenols is 1. The van der Waals surface area contributed by atoms with E-state index in [4.69, 9.17) is 5.73 Å². The van der Waals surface area contributed by atoms with E-state index in [1.54, 1.807) is 50.4 Å². The number of aromatic hydroxyl groups is 1. The number of anilines is 3. The van der Waals surface area contributed by atoms with Crippen molar-refractivity contribution in [1.29, 1.82) is 0 Å². The molecule has 0 radical (unpaired) electrons. The van der Waals surface area contributed by atoms with Crippen LogP contribution in [0.4, 0.5) is 28.4 Å². The monoisotopic (exact) mass is 555 g/mol. The molecule has 198 valence electrons. The highest BCUT2D eigenvalue weighted by Crippen LogP contribution is 2.42. The lowest BCUT2D eigenvalue weighted by molar-refractivity contribution is 0.471. The van der Waals surface area contributed by atoms with Crippen LogP contribution in [0.1, 0.15) is 6.92 Å². The van der Waals surface area contributed by atoms with Gasteiger partial charge >= 0.3 is 0 Å². The van der Waals surface area contributed by atoms with E-state index in [1.165, 1.54) is 34.6 Å². The van der Waals surface area contributed by atoms with E-state index in [0.29, 0.717) is 11.4 Å². The molecule has 4 aromatic rings. The van der Waals surface area contributed by atoms with Gasteiger partial charge < -0.3 is 16.2 Å². The van der Waals surface area contributed by atoms with E-state index in [2.05, 4.69) is 15.5 Å². The first-order chi connectivity index (χ1) is 18.0. The van der Waals surface area contributed by atoms with Crippen LogP contribution in [0.5, 0.6) is 5.75 Å². The molecule has 4 rings (SSSR count). The number of phenolic OH excluding ortho intramolecular Hbond substituents is 1. The standard InChI is InChI=1S/C25H25N5O6S2/c1-3-30(18-7-5-4-6-8-18)37(32,33)23-14-17(26)10-12-20(23)28-29-25-21(27-2)11-9-16-13-19(38(34,35)36)15-22(31)24(16)25/h4-15,27,31H,3,26H2,1-2H3,(H,34,35,36). The molecule has 13 heteroatoms. The van der Waals surface area contributed by atoms with Gasteiger partial charge in [0.15, 0.2) is 0 Å². The Labute approximate surface area is 220 Å². The van der Waals surface area contributed by atoms with E-state index in [1.807, 2.05) is 0 Å². The number of hydrogen-bond donors (Lipinski definition) is 4. The molecule has 0 bridgehead atoms. The van der Waals surface area contributed by atoms with Gasteiger partial charge in [0.1, 0.15) is 22.0 Å². The lowest BCUT2D eigenvalue weighted by atomic mass is 10.1. The molecular formula is C25H25N5O6S2. The topological polar surface area (TPSA) is 175 Å². The van der Waals surface area contributed by atoms with Gasteiger partial charge in [-0.15, -0.1) is 10.2 Å². The van der Waals surface area contributed by atoms with E-state index in [0.717, 1.165) is 6.07 Å². The van der Waals surface area contributed by atoms with Crippen molar-refractivity contribution in [3.63, 3.8) is 0 Å². The zero-order valence-electron chi connectivity index (χ0n) is 20.4. The average molecular weight is 556 g/mol. The Balaban J connectivity index is 1.89. The van der Waals surface area contributed by atoms with Crippen LogP contribution in [0, 0.1) is 0 Å². The first-order valence-corrected chi connectivity index (χ1v) is 14.2. The van der Waals surface area contributed by atoms with Gasteiger partial charge in [-0.05, 0) is 54.8 Å². The molecule has 0 saturated carbocycles. The van der Waals surface area contributed by atoms with E-state index in [9.17, 15) is 26.5 Å². The number of para-hydroxylation sites is 1. The van der Waals surface area contributed by atoms with Gasteiger partial charge in [-0.2, -0.15) is 8.42 Å². The summed E-state index contributed by atoms with van der Waals surface area (Å²) < 4.78 is 61.3. The predicted molar refractivity (Wildman–Crippen MR) is 147 cm³/mol. The summed E-state index contributed by atoms with van der Waals surface area (Å²) in [5, 5.41) is 22.4. The maximum Gasteiger partial charge on any atom is 0.294 e. The average Bonchev–Trinajstić information content (AvgIpc) is 2.87. The first-order valence-electron chi connectivity index (χ1n) is 11.3. The van der Waals surface area contributed by atoms with Gasteiger partial charge in [-0.3, -0.25) is 8.86 Å². The molecule has 0 heterocycles. The van der Waals surface area contributed by atoms with Gasteiger partial charge in [0.05, 0.1) is 21.7 Å². The zero-order chi connectivity index (χ0) is 27.7. The molecular weight excluding hydrogens is 530 g/mol. The van der Waals surface area contributed by atoms with Gasteiger partial charge in [0, 0.05) is 25.3 Å². The molecule has 0 aliphatic rings. The van der Waals surface area contributed by atoms with Crippen molar-refractivity contribution >= 4 is 59.4 Å². The Morgan fingerprint density at radius 2 is 1.66 bits per heavy atom. The number of nitrogen functional groups attached to an aromatic ring is 1. The molecule has 0 saturated heterocycles. The maximum absolute atomic E-state index is 13.7. The molecule has 5 N–H and O–H groups in total. The number of rotatable bonds is 8. The van der Waals surface area contributed by atoms with Gasteiger partial charge in [-0.1, -0.05) is 24.3 Å². The molecule has 0 fully saturated rings. The summed E-state index contributed by atoms with van der Waals surface area (Å²) in [6.07, 6.45) is 0. The minimum atomic E-state index is -4.57. The number of nitrogens with zero attached hydrogens (tertiary/aromatic N) is 3. The zero-order valence-corrected chi connectivity index (χ0v) is 22.0. The Morgan fingerprint density at radius 3 is 2.29 bits per heavy atom. The largest absolute Gasteiger partial charge is 0.507 e. The van der Waals surface area contributed by atoms with Gasteiger partial charge in [0.25, 0.3) is 20.1 Å². The number of sulfonamides is 1. The predicted octanol–water partition coefficient (Wildman–Crippen LogP) is 5.05. The summed E-state index contributed by atoms with van der Waals surface area (Å²) in [6, 6.07) is 18.0. The highest BCUT2D eigenvalue weighted by molar-refractivity contribution is 7.93. The number of nitrogens with two attached hydrogens (primary N) is 1. The molecule has 0 aliphatic carbocycles. The first kappa shape index (κ1) is 26.9. The minimum Gasteiger partial charge on any atom is -0.507 e. The highest BCUT2D eigenvalue weighted by Gasteiger charge is 2.27. The normalized spacial score (nSPS) is 12.2. The fourth-order valence-corrected chi connectivity index (χ4v) is 6.15. The lowest BCUT2D eigenvalue weighted by Crippen LogP contribution is -2.30. The third kappa shape index (κ3) is 5.11. The van der Waals surface area contributed by atoms with Crippen molar-refractivity contribution in [3.8, 4) is 5.75 Å². The molecule has 4 aromatic carbocycles. The quantitative estimate of drug-likeness (QED) is 0.133. The number of nitrogens with one attached hydrogen (secondary N) is 1. The number of benzene rings is 4. The second kappa shape index (κ2) is 10.3. The summed E-state index contributed by atoms with van der Waals surface area (Å²) >= 11 is 0. The van der Waals surface area contributed by atoms with Crippen LogP contribution in [0.25, 0.3) is 10.8 Å². The highest BCUT2D eigenvalue weighted by atomic mass is 32.2. The van der Waals surface area contributed by atoms with Crippen LogP contribution in [0.2, 0.25) is 0 Å². The summed E-state index contributed by atoms with van der Waals surface area (Å²) in [4.78, 5) is -0.661. The van der Waals surface area contributed by atoms with Crippen LogP contribution >= 0.6 is 0 Å². The number of azo groups is 1. The van der Waals surface area contributed by atoms with Crippen molar-refractivity contribution in [2.75, 3.05) is 28.9 Å². The third-order valence-corrected chi connectivity index (χ3v) is 8.51. The van der Waals surface area contributed by atoms with Crippen LogP contribution < -0.4 is 15.4 Å². The van der Waals surface area contributed by atoms with Gasteiger partial charge in [-0.25, -0.2) is 8.42 Å². The van der Waals surface area contributed by atoms with Crippen LogP contribution in [0.3, 0.4) is 0 Å². The summed E-state index contributed by atoms with van der Waals surface area (Å²) in [5.41, 5.74) is 7.16. The second-order valence-corrected chi connectivity index (χ2v) is 11.4. The van der Waals surface area contributed by atoms with E-state index >= 15 is 0 Å². The molecule has 0 atom stereocenters. The van der Waals surface area contributed by atoms with E-state index < -0.39 is 30.8 Å². The third-order valence-electron chi connectivity index (χ3n) is 5.75. The minimum absolute atomic E-state index is 0.00156. The lowest BCUT2D eigenvalue weighted by Gasteiger charge is -2.23. The fourth-order valence-electron chi connectivity index (χ4n) is 3.98. The molecule has 0 amide bonds. The maximum atomic E-state index is 13.7. The summed E-state index contributed by atoms with van der Waals surface area (Å²) in [6.45, 7) is 1.85. The molecule has 0 aromatic heterocycles. The van der Waals surface area contributed by atoms with Crippen molar-refractivity contribution < 1.29 is 26.5 Å². The number of hydrogen-bond acceptors (Lipinski definition) is 9. The van der Waals surface area contributed by atoms with Crippen molar-refractivity contribution in [3.05, 3.63) is 72.8 Å². The van der Waals surface area contributed by atoms with Gasteiger partial charge in [0.2, 0.25) is 0 Å². The van der Waals surface area contributed by atoms with Crippen molar-refractivity contribution in [2.45, 2.75) is 16.7 Å². The SMILES string of the molecule is CCN(c1ccccc1)S(=O)(=O)c1cc(N)ccc1N=Nc1c(NC)ccc2cc(S(=O)(=O)O)cc(O)c12. The van der Waals surface area contributed by atoms with Crippen LogP contribution in [-0.4, -0.2) is 40.1 Å². The van der Waals surface area contributed by atoms with Crippen molar-refractivity contribution in [1.82, 2.24) is 0 Å². The molecule has 0 spiro atoms. The summed E-state index contributed by atoms with van der Waals surface area (Å²) in [7, 11) is -7.07. The second-order valence-electron chi connectivity index (χ2n) is 8.16. The molecule has 11 nitrogen and oxygen atoms in total. The molecule has 38 heavy (non-hydrogen) atoms. The Bertz CT molecular complexity index is 1760. The fraction of sp³-hybridized carbons (Fsp3) is 0.120. The Hall–Kier alpha value is -4.20. The smallest absolute Gasteiger partial charge is 0.294 e. The molecule has 0 aliphatic heterocycles. The van der Waals surface area contributed by atoms with Crippen molar-refractivity contribution in [2.24, 2.45) is 10.2 Å². The van der Waals surface area contributed by atoms with E-state index in [-0.39, 0.29) is 39.3 Å². The number of fused-ring (bicyclic) bond motifs is 1.